The summed E-state index contributed by atoms with van der Waals surface area (Å²) < 4.78 is 6.65. The predicted octanol–water partition coefficient (Wildman–Crippen LogP) is 3.84. The summed E-state index contributed by atoms with van der Waals surface area (Å²) in [4.78, 5) is 15.3. The van der Waals surface area contributed by atoms with E-state index in [9.17, 15) is 4.79 Å². The number of carbonyl (C=O) groups excluding carboxylic acids is 1. The smallest absolute Gasteiger partial charge is 0.253 e. The van der Waals surface area contributed by atoms with Gasteiger partial charge >= 0.3 is 0 Å². The van der Waals surface area contributed by atoms with Crippen molar-refractivity contribution in [2.75, 3.05) is 11.6 Å². The first kappa shape index (κ1) is 19.1. The van der Waals surface area contributed by atoms with Gasteiger partial charge in [0.2, 0.25) is 11.0 Å². The second kappa shape index (κ2) is 8.09. The van der Waals surface area contributed by atoms with Crippen LogP contribution in [-0.2, 0) is 4.79 Å². The number of carbonyl (C=O) groups is 1. The highest BCUT2D eigenvalue weighted by Crippen LogP contribution is 2.36. The second-order valence-electron chi connectivity index (χ2n) is 6.44. The SMILES string of the molecule is Nn1c(SCC(=O)N2N=C(c3cccs3)CC2c2cccs2)nnc1-c1ccco1. The lowest BCUT2D eigenvalue weighted by Crippen LogP contribution is -2.28. The zero-order valence-electron chi connectivity index (χ0n) is 15.5. The molecule has 8 nitrogen and oxygen atoms in total. The monoisotopic (exact) mass is 456 g/mol. The van der Waals surface area contributed by atoms with Gasteiger partial charge in [-0.05, 0) is 35.0 Å². The van der Waals surface area contributed by atoms with Crippen molar-refractivity contribution in [1.82, 2.24) is 19.9 Å². The lowest BCUT2D eigenvalue weighted by Gasteiger charge is -2.20. The molecule has 11 heteroatoms. The molecule has 0 spiro atoms. The largest absolute Gasteiger partial charge is 0.461 e. The number of rotatable bonds is 6. The lowest BCUT2D eigenvalue weighted by atomic mass is 10.1. The van der Waals surface area contributed by atoms with Gasteiger partial charge in [0, 0.05) is 11.3 Å². The number of hydrogen-bond donors (Lipinski definition) is 1. The molecule has 30 heavy (non-hydrogen) atoms. The van der Waals surface area contributed by atoms with Gasteiger partial charge in [0.25, 0.3) is 5.91 Å². The molecular formula is C19H16N6O2S3. The number of nitrogens with zero attached hydrogens (tertiary/aromatic N) is 5. The number of amides is 1. The van der Waals surface area contributed by atoms with Crippen LogP contribution < -0.4 is 5.84 Å². The maximum atomic E-state index is 13.1. The molecule has 1 atom stereocenters. The second-order valence-corrected chi connectivity index (χ2v) is 9.31. The molecule has 1 unspecified atom stereocenters. The van der Waals surface area contributed by atoms with Crippen molar-refractivity contribution in [3.05, 3.63) is 63.2 Å². The number of thiophene rings is 2. The van der Waals surface area contributed by atoms with Crippen LogP contribution in [0.5, 0.6) is 0 Å². The van der Waals surface area contributed by atoms with Gasteiger partial charge in [-0.2, -0.15) is 5.10 Å². The Hall–Kier alpha value is -2.89. The van der Waals surface area contributed by atoms with E-state index in [-0.39, 0.29) is 17.7 Å². The third-order valence-electron chi connectivity index (χ3n) is 4.57. The number of nitrogens with two attached hydrogens (primary N) is 1. The normalized spacial score (nSPS) is 16.2. The lowest BCUT2D eigenvalue weighted by molar-refractivity contribution is -0.130. The molecule has 4 aromatic heterocycles. The standard InChI is InChI=1S/C19H16N6O2S3/c20-24-18(14-4-1-7-27-14)21-22-19(24)30-11-17(26)25-13(16-6-3-9-29-16)10-12(23-25)15-5-2-8-28-15/h1-9,13H,10-11,20H2. The molecular weight excluding hydrogens is 440 g/mol. The van der Waals surface area contributed by atoms with Gasteiger partial charge in [0.15, 0.2) is 5.76 Å². The van der Waals surface area contributed by atoms with Gasteiger partial charge in [-0.1, -0.05) is 23.9 Å². The summed E-state index contributed by atoms with van der Waals surface area (Å²) in [5.41, 5.74) is 0.934. The summed E-state index contributed by atoms with van der Waals surface area (Å²) in [5.74, 6) is 7.06. The van der Waals surface area contributed by atoms with E-state index in [0.29, 0.717) is 23.2 Å². The molecule has 2 N–H and O–H groups in total. The maximum absolute atomic E-state index is 13.1. The van der Waals surface area contributed by atoms with Crippen molar-refractivity contribution in [3.63, 3.8) is 0 Å². The quantitative estimate of drug-likeness (QED) is 0.349. The topological polar surface area (TPSA) is 103 Å². The fourth-order valence-electron chi connectivity index (χ4n) is 3.18. The molecule has 0 saturated carbocycles. The van der Waals surface area contributed by atoms with Crippen LogP contribution >= 0.6 is 34.4 Å². The van der Waals surface area contributed by atoms with Crippen LogP contribution in [0.4, 0.5) is 0 Å². The van der Waals surface area contributed by atoms with Crippen LogP contribution in [0.15, 0.2) is 68.1 Å². The molecule has 5 heterocycles. The molecule has 4 aromatic rings. The minimum absolute atomic E-state index is 0.0929. The number of hydrogen-bond acceptors (Lipinski definition) is 9. The van der Waals surface area contributed by atoms with Crippen molar-refractivity contribution < 1.29 is 9.21 Å². The molecule has 1 aliphatic heterocycles. The van der Waals surface area contributed by atoms with Crippen LogP contribution in [-0.4, -0.2) is 37.3 Å². The van der Waals surface area contributed by atoms with E-state index >= 15 is 0 Å². The highest BCUT2D eigenvalue weighted by Gasteiger charge is 2.34. The van der Waals surface area contributed by atoms with Crippen molar-refractivity contribution >= 4 is 46.1 Å². The first-order valence-corrected chi connectivity index (χ1v) is 11.8. The van der Waals surface area contributed by atoms with Gasteiger partial charge in [0.1, 0.15) is 0 Å². The third-order valence-corrected chi connectivity index (χ3v) is 7.39. The summed E-state index contributed by atoms with van der Waals surface area (Å²) in [7, 11) is 0. The Morgan fingerprint density at radius 3 is 2.80 bits per heavy atom. The zero-order chi connectivity index (χ0) is 20.5. The Morgan fingerprint density at radius 1 is 1.20 bits per heavy atom. The van der Waals surface area contributed by atoms with E-state index in [0.717, 1.165) is 15.5 Å². The third kappa shape index (κ3) is 3.55. The average molecular weight is 457 g/mol. The molecule has 1 aliphatic rings. The highest BCUT2D eigenvalue weighted by atomic mass is 32.2. The van der Waals surface area contributed by atoms with E-state index in [2.05, 4.69) is 15.3 Å². The van der Waals surface area contributed by atoms with Crippen LogP contribution in [0.25, 0.3) is 11.6 Å². The number of thioether (sulfide) groups is 1. The fraction of sp³-hybridized carbons (Fsp3) is 0.158. The van der Waals surface area contributed by atoms with E-state index in [1.165, 1.54) is 16.4 Å². The summed E-state index contributed by atoms with van der Waals surface area (Å²) >= 11 is 4.49. The fourth-order valence-corrected chi connectivity index (χ4v) is 5.42. The van der Waals surface area contributed by atoms with E-state index in [1.54, 1.807) is 46.1 Å². The summed E-state index contributed by atoms with van der Waals surface area (Å²) in [6.07, 6.45) is 2.24. The summed E-state index contributed by atoms with van der Waals surface area (Å²) in [6.45, 7) is 0. The van der Waals surface area contributed by atoms with Crippen molar-refractivity contribution in [1.29, 1.82) is 0 Å². The number of hydrazone groups is 1. The Balaban J connectivity index is 1.34. The van der Waals surface area contributed by atoms with Crippen LogP contribution in [0, 0.1) is 0 Å². The van der Waals surface area contributed by atoms with E-state index < -0.39 is 0 Å². The molecule has 5 rings (SSSR count). The highest BCUT2D eigenvalue weighted by molar-refractivity contribution is 7.99. The van der Waals surface area contributed by atoms with Gasteiger partial charge < -0.3 is 10.3 Å². The first-order valence-electron chi connectivity index (χ1n) is 9.04. The Morgan fingerprint density at radius 2 is 2.07 bits per heavy atom. The van der Waals surface area contributed by atoms with Crippen LogP contribution in [0.1, 0.15) is 22.2 Å². The Labute approximate surface area is 184 Å². The summed E-state index contributed by atoms with van der Waals surface area (Å²) in [5, 5.41) is 18.9. The number of nitrogen functional groups attached to an aromatic ring is 1. The van der Waals surface area contributed by atoms with Crippen molar-refractivity contribution in [3.8, 4) is 11.6 Å². The van der Waals surface area contributed by atoms with Gasteiger partial charge in [0.05, 0.1) is 28.6 Å². The Kier molecular flexibility index (Phi) is 5.15. The Bertz CT molecular complexity index is 1170. The number of aromatic nitrogens is 3. The molecule has 0 saturated heterocycles. The van der Waals surface area contributed by atoms with E-state index in [1.807, 2.05) is 35.0 Å². The first-order chi connectivity index (χ1) is 14.7. The molecule has 152 valence electrons. The predicted molar refractivity (Wildman–Crippen MR) is 118 cm³/mol. The molecule has 0 bridgehead atoms. The molecule has 0 fully saturated rings. The minimum Gasteiger partial charge on any atom is -0.461 e. The zero-order valence-corrected chi connectivity index (χ0v) is 18.0. The van der Waals surface area contributed by atoms with Gasteiger partial charge in [-0.25, -0.2) is 9.69 Å². The van der Waals surface area contributed by atoms with Crippen molar-refractivity contribution in [2.45, 2.75) is 17.6 Å². The minimum atomic E-state index is -0.104. The van der Waals surface area contributed by atoms with Gasteiger partial charge in [-0.15, -0.1) is 32.9 Å². The van der Waals surface area contributed by atoms with Crippen LogP contribution in [0.2, 0.25) is 0 Å². The molecule has 0 radical (unpaired) electrons. The molecule has 0 aromatic carbocycles. The molecule has 0 aliphatic carbocycles. The van der Waals surface area contributed by atoms with Crippen LogP contribution in [0.3, 0.4) is 0 Å². The van der Waals surface area contributed by atoms with Gasteiger partial charge in [-0.3, -0.25) is 4.79 Å². The van der Waals surface area contributed by atoms with Crippen molar-refractivity contribution in [2.24, 2.45) is 5.10 Å². The summed E-state index contributed by atoms with van der Waals surface area (Å²) in [6, 6.07) is 11.5. The maximum Gasteiger partial charge on any atom is 0.253 e. The van der Waals surface area contributed by atoms with E-state index in [4.69, 9.17) is 10.3 Å². The number of furan rings is 1. The average Bonchev–Trinajstić information content (AvgIpc) is 3.56. The molecule has 1 amide bonds.